The summed E-state index contributed by atoms with van der Waals surface area (Å²) >= 11 is 0. The van der Waals surface area contributed by atoms with Crippen LogP contribution < -0.4 is 5.32 Å². The van der Waals surface area contributed by atoms with E-state index in [-0.39, 0.29) is 0 Å². The van der Waals surface area contributed by atoms with Gasteiger partial charge in [-0.1, -0.05) is 0 Å². The molecule has 0 amide bonds. The van der Waals surface area contributed by atoms with Crippen molar-refractivity contribution in [1.82, 2.24) is 10.2 Å². The van der Waals surface area contributed by atoms with Gasteiger partial charge < -0.3 is 15.0 Å². The first kappa shape index (κ1) is 12.0. The van der Waals surface area contributed by atoms with Crippen molar-refractivity contribution in [3.05, 3.63) is 0 Å². The molecule has 84 valence electrons. The van der Waals surface area contributed by atoms with Gasteiger partial charge in [0, 0.05) is 12.6 Å². The van der Waals surface area contributed by atoms with Crippen LogP contribution in [0.5, 0.6) is 0 Å². The van der Waals surface area contributed by atoms with Crippen LogP contribution >= 0.6 is 0 Å². The van der Waals surface area contributed by atoms with Gasteiger partial charge in [-0.15, -0.1) is 0 Å². The van der Waals surface area contributed by atoms with Gasteiger partial charge in [-0.05, 0) is 53.4 Å². The molecule has 0 spiro atoms. The fourth-order valence-electron chi connectivity index (χ4n) is 1.85. The van der Waals surface area contributed by atoms with Crippen LogP contribution in [0, 0.1) is 0 Å². The van der Waals surface area contributed by atoms with Gasteiger partial charge in [0.2, 0.25) is 0 Å². The minimum atomic E-state index is 0.453. The van der Waals surface area contributed by atoms with Crippen molar-refractivity contribution >= 4 is 0 Å². The summed E-state index contributed by atoms with van der Waals surface area (Å²) in [4.78, 5) is 2.22. The molecule has 1 aliphatic heterocycles. The third kappa shape index (κ3) is 4.40. The van der Waals surface area contributed by atoms with Gasteiger partial charge in [0.25, 0.3) is 0 Å². The molecule has 0 aromatic heterocycles. The first-order valence-electron chi connectivity index (χ1n) is 5.70. The number of nitrogens with one attached hydrogen (secondary N) is 1. The maximum Gasteiger partial charge on any atom is 0.0726 e. The van der Waals surface area contributed by atoms with E-state index in [0.717, 1.165) is 19.7 Å². The van der Waals surface area contributed by atoms with Crippen molar-refractivity contribution in [2.24, 2.45) is 0 Å². The van der Waals surface area contributed by atoms with Crippen LogP contribution in [0.4, 0.5) is 0 Å². The number of nitrogens with zero attached hydrogens (tertiary/aromatic N) is 1. The van der Waals surface area contributed by atoms with E-state index in [0.29, 0.717) is 12.1 Å². The van der Waals surface area contributed by atoms with Crippen molar-refractivity contribution in [2.45, 2.75) is 38.3 Å². The van der Waals surface area contributed by atoms with Crippen LogP contribution in [-0.2, 0) is 4.74 Å². The number of rotatable bonds is 6. The molecule has 0 aromatic carbocycles. The summed E-state index contributed by atoms with van der Waals surface area (Å²) in [5, 5.41) is 3.53. The molecule has 14 heavy (non-hydrogen) atoms. The monoisotopic (exact) mass is 200 g/mol. The Hall–Kier alpha value is -0.120. The summed E-state index contributed by atoms with van der Waals surface area (Å²) in [6.45, 7) is 5.44. The number of hydrogen-bond donors (Lipinski definition) is 1. The highest BCUT2D eigenvalue weighted by Crippen LogP contribution is 2.15. The van der Waals surface area contributed by atoms with E-state index in [4.69, 9.17) is 4.74 Å². The molecule has 0 aromatic rings. The summed E-state index contributed by atoms with van der Waals surface area (Å²) in [5.74, 6) is 0. The Morgan fingerprint density at radius 3 is 2.86 bits per heavy atom. The lowest BCUT2D eigenvalue weighted by atomic mass is 10.1. The van der Waals surface area contributed by atoms with E-state index < -0.39 is 0 Å². The predicted molar refractivity (Wildman–Crippen MR) is 59.6 cm³/mol. The molecule has 0 saturated carbocycles. The molecule has 1 fully saturated rings. The number of ether oxygens (including phenoxy) is 1. The maximum absolute atomic E-state index is 5.62. The van der Waals surface area contributed by atoms with Gasteiger partial charge in [-0.25, -0.2) is 0 Å². The normalized spacial score (nSPS) is 24.4. The van der Waals surface area contributed by atoms with E-state index >= 15 is 0 Å². The maximum atomic E-state index is 5.62. The van der Waals surface area contributed by atoms with Gasteiger partial charge in [-0.2, -0.15) is 0 Å². The highest BCUT2D eigenvalue weighted by Gasteiger charge is 2.21. The molecule has 0 bridgehead atoms. The lowest BCUT2D eigenvalue weighted by Crippen LogP contribution is -2.38. The Morgan fingerprint density at radius 1 is 1.50 bits per heavy atom. The summed E-state index contributed by atoms with van der Waals surface area (Å²) in [6, 6.07) is 0.514. The Labute approximate surface area is 87.8 Å². The zero-order valence-electron chi connectivity index (χ0n) is 9.75. The highest BCUT2D eigenvalue weighted by atomic mass is 16.5. The van der Waals surface area contributed by atoms with Crippen molar-refractivity contribution < 1.29 is 4.74 Å². The molecule has 1 rings (SSSR count). The smallest absolute Gasteiger partial charge is 0.0726 e. The molecule has 1 N–H and O–H groups in total. The molecular weight excluding hydrogens is 176 g/mol. The predicted octanol–water partition coefficient (Wildman–Crippen LogP) is 1.10. The third-order valence-electron chi connectivity index (χ3n) is 2.77. The highest BCUT2D eigenvalue weighted by molar-refractivity contribution is 4.76. The fraction of sp³-hybridized carbons (Fsp3) is 1.00. The summed E-state index contributed by atoms with van der Waals surface area (Å²) < 4.78 is 5.62. The van der Waals surface area contributed by atoms with Crippen LogP contribution in [0.3, 0.4) is 0 Å². The Balaban J connectivity index is 1.99. The molecule has 2 atom stereocenters. The van der Waals surface area contributed by atoms with Crippen LogP contribution in [0.15, 0.2) is 0 Å². The van der Waals surface area contributed by atoms with Crippen LogP contribution in [0.1, 0.15) is 26.2 Å². The molecule has 3 heteroatoms. The van der Waals surface area contributed by atoms with Crippen LogP contribution in [0.25, 0.3) is 0 Å². The van der Waals surface area contributed by atoms with Crippen LogP contribution in [-0.4, -0.2) is 50.8 Å². The average Bonchev–Trinajstić information content (AvgIpc) is 2.64. The standard InChI is InChI=1S/C11H24N2O/c1-10(11-6-4-9-14-11)12-7-5-8-13(2)3/h10-12H,4-9H2,1-3H3. The quantitative estimate of drug-likeness (QED) is 0.650. The van der Waals surface area contributed by atoms with Crippen molar-refractivity contribution in [1.29, 1.82) is 0 Å². The zero-order chi connectivity index (χ0) is 10.4. The summed E-state index contributed by atoms with van der Waals surface area (Å²) in [6.07, 6.45) is 4.12. The van der Waals surface area contributed by atoms with E-state index in [2.05, 4.69) is 31.2 Å². The van der Waals surface area contributed by atoms with Crippen molar-refractivity contribution in [3.63, 3.8) is 0 Å². The minimum Gasteiger partial charge on any atom is -0.377 e. The topological polar surface area (TPSA) is 24.5 Å². The largest absolute Gasteiger partial charge is 0.377 e. The summed E-state index contributed by atoms with van der Waals surface area (Å²) in [7, 11) is 4.23. The van der Waals surface area contributed by atoms with Crippen LogP contribution in [0.2, 0.25) is 0 Å². The van der Waals surface area contributed by atoms with E-state index in [1.54, 1.807) is 0 Å². The molecule has 1 heterocycles. The molecule has 0 radical (unpaired) electrons. The first-order chi connectivity index (χ1) is 6.70. The Kier molecular flexibility index (Phi) is 5.45. The second kappa shape index (κ2) is 6.38. The third-order valence-corrected chi connectivity index (χ3v) is 2.77. The van der Waals surface area contributed by atoms with Gasteiger partial charge >= 0.3 is 0 Å². The fourth-order valence-corrected chi connectivity index (χ4v) is 1.85. The lowest BCUT2D eigenvalue weighted by Gasteiger charge is -2.20. The van der Waals surface area contributed by atoms with Gasteiger partial charge in [0.1, 0.15) is 0 Å². The Bertz CT molecular complexity index is 144. The van der Waals surface area contributed by atoms with Gasteiger partial charge in [0.05, 0.1) is 6.10 Å². The minimum absolute atomic E-state index is 0.453. The molecule has 3 nitrogen and oxygen atoms in total. The molecule has 1 saturated heterocycles. The van der Waals surface area contributed by atoms with Crippen molar-refractivity contribution in [2.75, 3.05) is 33.8 Å². The van der Waals surface area contributed by atoms with Gasteiger partial charge in [0.15, 0.2) is 0 Å². The van der Waals surface area contributed by atoms with Crippen molar-refractivity contribution in [3.8, 4) is 0 Å². The number of hydrogen-bond acceptors (Lipinski definition) is 3. The molecular formula is C11H24N2O. The van der Waals surface area contributed by atoms with E-state index in [9.17, 15) is 0 Å². The Morgan fingerprint density at radius 2 is 2.29 bits per heavy atom. The zero-order valence-corrected chi connectivity index (χ0v) is 9.75. The first-order valence-corrected chi connectivity index (χ1v) is 5.70. The summed E-state index contributed by atoms with van der Waals surface area (Å²) in [5.41, 5.74) is 0. The SMILES string of the molecule is CC(NCCCN(C)C)C1CCCO1. The molecule has 2 unspecified atom stereocenters. The van der Waals surface area contributed by atoms with Gasteiger partial charge in [-0.3, -0.25) is 0 Å². The molecule has 0 aliphatic carbocycles. The second-order valence-corrected chi connectivity index (χ2v) is 4.45. The molecule has 1 aliphatic rings. The second-order valence-electron chi connectivity index (χ2n) is 4.45. The average molecular weight is 200 g/mol. The van der Waals surface area contributed by atoms with E-state index in [1.807, 2.05) is 0 Å². The van der Waals surface area contributed by atoms with E-state index in [1.165, 1.54) is 19.3 Å². The lowest BCUT2D eigenvalue weighted by molar-refractivity contribution is 0.0835.